The van der Waals surface area contributed by atoms with Crippen molar-refractivity contribution in [2.75, 3.05) is 0 Å². The minimum Gasteiger partial charge on any atom is -0.224 e. The van der Waals surface area contributed by atoms with Gasteiger partial charge in [-0.05, 0) is 6.07 Å². The molecular formula is C5H5F6OP. The Hall–Kier alpha value is -0.840. The number of halogens is 6. The molecule has 0 N–H and O–H groups in total. The van der Waals surface area contributed by atoms with Crippen molar-refractivity contribution in [3.05, 3.63) is 30.7 Å². The first-order valence-corrected chi connectivity index (χ1v) is 4.85. The van der Waals surface area contributed by atoms with Crippen LogP contribution in [0.1, 0.15) is 0 Å². The monoisotopic (exact) mass is 226 g/mol. The van der Waals surface area contributed by atoms with E-state index in [0.717, 1.165) is 0 Å². The van der Waals surface area contributed by atoms with E-state index in [-0.39, 0.29) is 0 Å². The first-order valence-electron chi connectivity index (χ1n) is 2.82. The van der Waals surface area contributed by atoms with Crippen LogP contribution in [0.3, 0.4) is 0 Å². The van der Waals surface area contributed by atoms with E-state index in [9.17, 15) is 25.2 Å². The standard InChI is InChI=1S/C5H5O.F6P/c1-2-4-6-5-3-1;1-7(2,3,4,5)6/h1-5H;/q+1;-1. The average Bonchev–Trinajstić information content (AvgIpc) is 1.84. The summed E-state index contributed by atoms with van der Waals surface area (Å²) in [5.74, 6) is 0. The smallest absolute Gasteiger partial charge is 0.224 e. The van der Waals surface area contributed by atoms with Gasteiger partial charge in [0, 0.05) is 12.1 Å². The van der Waals surface area contributed by atoms with Gasteiger partial charge >= 0.3 is 45.5 Å². The minimum absolute atomic E-state index is 1.62. The fraction of sp³-hybridized carbons (Fsp3) is 0. The van der Waals surface area contributed by atoms with Crippen molar-refractivity contribution in [3.63, 3.8) is 0 Å². The summed E-state index contributed by atoms with van der Waals surface area (Å²) in [6.45, 7) is 0. The number of hydrogen-bond donors (Lipinski definition) is 0. The van der Waals surface area contributed by atoms with Crippen molar-refractivity contribution >= 4 is 7.81 Å². The molecule has 78 valence electrons. The van der Waals surface area contributed by atoms with E-state index in [1.54, 1.807) is 12.5 Å². The predicted octanol–water partition coefficient (Wildman–Crippen LogP) is 4.94. The second kappa shape index (κ2) is 2.83. The molecule has 1 aromatic rings. The third kappa shape index (κ3) is 35.2. The summed E-state index contributed by atoms with van der Waals surface area (Å²) in [6, 6.07) is 5.57. The molecule has 0 saturated carbocycles. The summed E-state index contributed by atoms with van der Waals surface area (Å²) in [5.41, 5.74) is 0. The maximum atomic E-state index is 9.87. The molecule has 0 atom stereocenters. The van der Waals surface area contributed by atoms with Crippen LogP contribution < -0.4 is 0 Å². The molecule has 0 aromatic carbocycles. The van der Waals surface area contributed by atoms with E-state index in [4.69, 9.17) is 0 Å². The molecule has 13 heavy (non-hydrogen) atoms. The average molecular weight is 226 g/mol. The largest absolute Gasteiger partial charge is 0.317 e. The first kappa shape index (κ1) is 12.2. The van der Waals surface area contributed by atoms with Gasteiger partial charge in [-0.25, -0.2) is 4.42 Å². The summed E-state index contributed by atoms with van der Waals surface area (Å²) in [5, 5.41) is 0. The first-order chi connectivity index (χ1) is 5.45. The van der Waals surface area contributed by atoms with Crippen molar-refractivity contribution < 1.29 is 29.6 Å². The predicted molar refractivity (Wildman–Crippen MR) is 36.7 cm³/mol. The molecule has 1 aromatic heterocycles. The SMILES string of the molecule is F[P-](F)(F)(F)(F)F.c1cc[o+]cc1. The molecule has 0 unspecified atom stereocenters. The zero-order chi connectivity index (χ0) is 10.7. The molecule has 0 aliphatic carbocycles. The fourth-order valence-corrected chi connectivity index (χ4v) is 0.291. The second-order valence-corrected chi connectivity index (χ2v) is 3.86. The Labute approximate surface area is 69.2 Å². The summed E-state index contributed by atoms with van der Waals surface area (Å²) in [7, 11) is -10.7. The van der Waals surface area contributed by atoms with Crippen molar-refractivity contribution in [2.24, 2.45) is 0 Å². The van der Waals surface area contributed by atoms with Gasteiger partial charge in [0.1, 0.15) is 0 Å². The Morgan fingerprint density at radius 1 is 0.692 bits per heavy atom. The van der Waals surface area contributed by atoms with E-state index >= 15 is 0 Å². The number of rotatable bonds is 0. The van der Waals surface area contributed by atoms with E-state index in [0.29, 0.717) is 0 Å². The molecular weight excluding hydrogens is 221 g/mol. The second-order valence-electron chi connectivity index (χ2n) is 1.94. The van der Waals surface area contributed by atoms with Crippen molar-refractivity contribution in [2.45, 2.75) is 0 Å². The maximum Gasteiger partial charge on any atom is 0.317 e. The van der Waals surface area contributed by atoms with Crippen LogP contribution in [0.15, 0.2) is 35.1 Å². The van der Waals surface area contributed by atoms with Crippen LogP contribution in [0.4, 0.5) is 25.2 Å². The molecule has 0 spiro atoms. The van der Waals surface area contributed by atoms with Gasteiger partial charge in [0.15, 0.2) is 0 Å². The summed E-state index contributed by atoms with van der Waals surface area (Å²) in [6.07, 6.45) is 3.25. The molecule has 8 heteroatoms. The molecule has 0 aliphatic heterocycles. The van der Waals surface area contributed by atoms with Gasteiger partial charge in [0.2, 0.25) is 0 Å². The Bertz CT molecular complexity index is 213. The third-order valence-corrected chi connectivity index (χ3v) is 0.536. The van der Waals surface area contributed by atoms with Gasteiger partial charge < -0.3 is 0 Å². The molecule has 1 nitrogen and oxygen atoms in total. The van der Waals surface area contributed by atoms with E-state index in [2.05, 4.69) is 4.42 Å². The van der Waals surface area contributed by atoms with Gasteiger partial charge in [0.05, 0.1) is 0 Å². The van der Waals surface area contributed by atoms with Gasteiger partial charge in [-0.1, -0.05) is 0 Å². The van der Waals surface area contributed by atoms with Crippen molar-refractivity contribution in [1.82, 2.24) is 0 Å². The van der Waals surface area contributed by atoms with Crippen LogP contribution in [0.25, 0.3) is 0 Å². The quantitative estimate of drug-likeness (QED) is 0.346. The van der Waals surface area contributed by atoms with Crippen LogP contribution in [-0.4, -0.2) is 0 Å². The van der Waals surface area contributed by atoms with E-state index < -0.39 is 7.81 Å². The van der Waals surface area contributed by atoms with Crippen LogP contribution in [0.2, 0.25) is 0 Å². The van der Waals surface area contributed by atoms with Crippen LogP contribution in [-0.2, 0) is 0 Å². The zero-order valence-corrected chi connectivity index (χ0v) is 6.90. The van der Waals surface area contributed by atoms with Gasteiger partial charge in [0.25, 0.3) is 0 Å². The Balaban J connectivity index is 0.000000223. The molecule has 0 saturated heterocycles. The molecule has 1 heterocycles. The summed E-state index contributed by atoms with van der Waals surface area (Å²) < 4.78 is 63.9. The summed E-state index contributed by atoms with van der Waals surface area (Å²) >= 11 is 0. The zero-order valence-electron chi connectivity index (χ0n) is 6.01. The molecule has 0 amide bonds. The van der Waals surface area contributed by atoms with Gasteiger partial charge in [-0.2, -0.15) is 0 Å². The maximum absolute atomic E-state index is 10.7. The third-order valence-electron chi connectivity index (χ3n) is 0.536. The Kier molecular flexibility index (Phi) is 2.65. The summed E-state index contributed by atoms with van der Waals surface area (Å²) in [4.78, 5) is 0. The number of hydrogen-bond acceptors (Lipinski definition) is 0. The topological polar surface area (TPSA) is 11.3 Å². The normalized spacial score (nSPS) is 16.2. The van der Waals surface area contributed by atoms with Crippen LogP contribution in [0, 0.1) is 0 Å². The molecule has 0 fully saturated rings. The Morgan fingerprint density at radius 2 is 1.00 bits per heavy atom. The van der Waals surface area contributed by atoms with Crippen LogP contribution >= 0.6 is 7.81 Å². The van der Waals surface area contributed by atoms with Crippen molar-refractivity contribution in [1.29, 1.82) is 0 Å². The molecule has 0 radical (unpaired) electrons. The molecule has 0 aliphatic rings. The van der Waals surface area contributed by atoms with Gasteiger partial charge in [-0.3, -0.25) is 0 Å². The molecule has 1 rings (SSSR count). The van der Waals surface area contributed by atoms with Gasteiger partial charge in [-0.15, -0.1) is 0 Å². The van der Waals surface area contributed by atoms with Crippen molar-refractivity contribution in [3.8, 4) is 0 Å². The fourth-order valence-electron chi connectivity index (χ4n) is 0.291. The van der Waals surface area contributed by atoms with E-state index in [1.165, 1.54) is 0 Å². The minimum atomic E-state index is -10.7. The Morgan fingerprint density at radius 3 is 1.08 bits per heavy atom. The van der Waals surface area contributed by atoms with E-state index in [1.807, 2.05) is 18.2 Å². The molecule has 0 bridgehead atoms. The van der Waals surface area contributed by atoms with Crippen LogP contribution in [0.5, 0.6) is 0 Å².